The predicted molar refractivity (Wildman–Crippen MR) is 83.7 cm³/mol. The quantitative estimate of drug-likeness (QED) is 0.859. The van der Waals surface area contributed by atoms with E-state index >= 15 is 0 Å². The largest absolute Gasteiger partial charge is 0.496 e. The minimum atomic E-state index is -1.07. The third-order valence-corrected chi connectivity index (χ3v) is 3.65. The van der Waals surface area contributed by atoms with Crippen LogP contribution in [0.4, 0.5) is 5.69 Å². The first-order valence-corrected chi connectivity index (χ1v) is 6.86. The molecule has 2 aromatic carbocycles. The average molecular weight is 326 g/mol. The van der Waals surface area contributed by atoms with Gasteiger partial charge in [0.2, 0.25) is 0 Å². The molecule has 0 atom stereocenters. The van der Waals surface area contributed by atoms with Gasteiger partial charge in [0, 0.05) is 22.8 Å². The second kappa shape index (κ2) is 6.70. The van der Waals surface area contributed by atoms with Crippen LogP contribution in [0.5, 0.6) is 5.75 Å². The molecule has 0 unspecified atom stereocenters. The van der Waals surface area contributed by atoms with E-state index in [2.05, 4.69) is 5.32 Å². The van der Waals surface area contributed by atoms with Crippen molar-refractivity contribution < 1.29 is 14.6 Å². The van der Waals surface area contributed by atoms with Crippen molar-refractivity contribution >= 4 is 34.9 Å². The van der Waals surface area contributed by atoms with Crippen LogP contribution in [0.15, 0.2) is 36.4 Å². The molecule has 2 rings (SSSR count). The van der Waals surface area contributed by atoms with Crippen LogP contribution in [0.3, 0.4) is 0 Å². The summed E-state index contributed by atoms with van der Waals surface area (Å²) in [5, 5.41) is 12.9. The SMILES string of the molecule is COc1cccc(Cl)c1CNc1ccc(Cl)c(C(=O)O)c1. The normalized spacial score (nSPS) is 10.2. The van der Waals surface area contributed by atoms with Crippen molar-refractivity contribution in [3.63, 3.8) is 0 Å². The van der Waals surface area contributed by atoms with Crippen molar-refractivity contribution in [3.05, 3.63) is 57.6 Å². The van der Waals surface area contributed by atoms with Crippen molar-refractivity contribution in [2.24, 2.45) is 0 Å². The number of benzene rings is 2. The van der Waals surface area contributed by atoms with Crippen molar-refractivity contribution in [3.8, 4) is 5.75 Å². The highest BCUT2D eigenvalue weighted by Crippen LogP contribution is 2.28. The lowest BCUT2D eigenvalue weighted by Crippen LogP contribution is -2.04. The maximum absolute atomic E-state index is 11.0. The Bertz CT molecular complexity index is 674. The molecular formula is C15H13Cl2NO3. The molecule has 110 valence electrons. The summed E-state index contributed by atoms with van der Waals surface area (Å²) in [6.45, 7) is 0.406. The van der Waals surface area contributed by atoms with E-state index in [0.717, 1.165) is 5.56 Å². The van der Waals surface area contributed by atoms with Gasteiger partial charge in [0.1, 0.15) is 5.75 Å². The lowest BCUT2D eigenvalue weighted by atomic mass is 10.1. The first-order valence-electron chi connectivity index (χ1n) is 6.11. The topological polar surface area (TPSA) is 58.6 Å². The van der Waals surface area contributed by atoms with Gasteiger partial charge < -0.3 is 15.2 Å². The summed E-state index contributed by atoms with van der Waals surface area (Å²) in [5.41, 5.74) is 1.49. The predicted octanol–water partition coefficient (Wildman–Crippen LogP) is 4.31. The van der Waals surface area contributed by atoms with Crippen LogP contribution in [0, 0.1) is 0 Å². The number of carbonyl (C=O) groups is 1. The number of halogens is 2. The van der Waals surface area contributed by atoms with Gasteiger partial charge in [0.15, 0.2) is 0 Å². The Morgan fingerprint density at radius 1 is 1.24 bits per heavy atom. The number of carboxylic acids is 1. The van der Waals surface area contributed by atoms with Crippen molar-refractivity contribution in [1.29, 1.82) is 0 Å². The summed E-state index contributed by atoms with van der Waals surface area (Å²) in [5.74, 6) is -0.401. The molecule has 2 N–H and O–H groups in total. The van der Waals surface area contributed by atoms with Gasteiger partial charge in [-0.3, -0.25) is 0 Å². The lowest BCUT2D eigenvalue weighted by Gasteiger charge is -2.13. The molecule has 0 heterocycles. The molecular weight excluding hydrogens is 313 g/mol. The van der Waals surface area contributed by atoms with Crippen LogP contribution in [-0.4, -0.2) is 18.2 Å². The van der Waals surface area contributed by atoms with Crippen LogP contribution in [-0.2, 0) is 6.54 Å². The first-order chi connectivity index (χ1) is 10.0. The molecule has 0 saturated carbocycles. The zero-order chi connectivity index (χ0) is 15.4. The van der Waals surface area contributed by atoms with E-state index < -0.39 is 5.97 Å². The number of hydrogen-bond acceptors (Lipinski definition) is 3. The number of ether oxygens (including phenoxy) is 1. The minimum Gasteiger partial charge on any atom is -0.496 e. The Morgan fingerprint density at radius 2 is 2.00 bits per heavy atom. The Kier molecular flexibility index (Phi) is 4.94. The Morgan fingerprint density at radius 3 is 2.67 bits per heavy atom. The maximum Gasteiger partial charge on any atom is 0.337 e. The monoisotopic (exact) mass is 325 g/mol. The van der Waals surface area contributed by atoms with Gasteiger partial charge in [-0.25, -0.2) is 4.79 Å². The Labute approximate surface area is 132 Å². The highest BCUT2D eigenvalue weighted by atomic mass is 35.5. The molecule has 6 heteroatoms. The van der Waals surface area contributed by atoms with Gasteiger partial charge in [-0.1, -0.05) is 29.3 Å². The van der Waals surface area contributed by atoms with Crippen LogP contribution in [0.2, 0.25) is 10.0 Å². The molecule has 0 aliphatic heterocycles. The van der Waals surface area contributed by atoms with Crippen LogP contribution in [0.1, 0.15) is 15.9 Å². The molecule has 0 aliphatic carbocycles. The molecule has 0 radical (unpaired) electrons. The summed E-state index contributed by atoms with van der Waals surface area (Å²) in [6.07, 6.45) is 0. The number of anilines is 1. The number of carboxylic acid groups (broad SMARTS) is 1. The average Bonchev–Trinajstić information content (AvgIpc) is 2.46. The summed E-state index contributed by atoms with van der Waals surface area (Å²) in [4.78, 5) is 11.0. The third-order valence-electron chi connectivity index (χ3n) is 2.96. The molecule has 0 saturated heterocycles. The smallest absolute Gasteiger partial charge is 0.337 e. The van der Waals surface area contributed by atoms with E-state index in [-0.39, 0.29) is 10.6 Å². The van der Waals surface area contributed by atoms with Gasteiger partial charge in [0.05, 0.1) is 17.7 Å². The number of rotatable bonds is 5. The molecule has 0 bridgehead atoms. The van der Waals surface area contributed by atoms with Gasteiger partial charge in [-0.05, 0) is 30.3 Å². The minimum absolute atomic E-state index is 0.0489. The fourth-order valence-electron chi connectivity index (χ4n) is 1.89. The zero-order valence-electron chi connectivity index (χ0n) is 11.2. The molecule has 0 fully saturated rings. The molecule has 2 aromatic rings. The van der Waals surface area contributed by atoms with E-state index in [4.69, 9.17) is 33.0 Å². The molecule has 4 nitrogen and oxygen atoms in total. The van der Waals surface area contributed by atoms with E-state index in [9.17, 15) is 4.79 Å². The molecule has 21 heavy (non-hydrogen) atoms. The molecule has 0 amide bonds. The van der Waals surface area contributed by atoms with E-state index in [1.165, 1.54) is 12.1 Å². The maximum atomic E-state index is 11.0. The van der Waals surface area contributed by atoms with Gasteiger partial charge >= 0.3 is 5.97 Å². The van der Waals surface area contributed by atoms with Crippen LogP contribution < -0.4 is 10.1 Å². The number of aromatic carboxylic acids is 1. The van der Waals surface area contributed by atoms with Gasteiger partial charge in [0.25, 0.3) is 0 Å². The molecule has 0 spiro atoms. The second-order valence-corrected chi connectivity index (χ2v) is 5.09. The highest BCUT2D eigenvalue weighted by molar-refractivity contribution is 6.33. The van der Waals surface area contributed by atoms with Gasteiger partial charge in [-0.15, -0.1) is 0 Å². The zero-order valence-corrected chi connectivity index (χ0v) is 12.7. The summed E-state index contributed by atoms with van der Waals surface area (Å²) >= 11 is 12.0. The summed E-state index contributed by atoms with van der Waals surface area (Å²) in [7, 11) is 1.57. The summed E-state index contributed by atoms with van der Waals surface area (Å²) < 4.78 is 5.26. The van der Waals surface area contributed by atoms with Crippen LogP contribution in [0.25, 0.3) is 0 Å². The van der Waals surface area contributed by atoms with Crippen molar-refractivity contribution in [1.82, 2.24) is 0 Å². The highest BCUT2D eigenvalue weighted by Gasteiger charge is 2.11. The molecule has 0 aromatic heterocycles. The van der Waals surface area contributed by atoms with Crippen molar-refractivity contribution in [2.75, 3.05) is 12.4 Å². The fraction of sp³-hybridized carbons (Fsp3) is 0.133. The van der Waals surface area contributed by atoms with E-state index in [1.54, 1.807) is 25.3 Å². The second-order valence-electron chi connectivity index (χ2n) is 4.27. The molecule has 0 aliphatic rings. The number of nitrogens with one attached hydrogen (secondary N) is 1. The lowest BCUT2D eigenvalue weighted by molar-refractivity contribution is 0.0697. The number of hydrogen-bond donors (Lipinski definition) is 2. The van der Waals surface area contributed by atoms with Crippen LogP contribution >= 0.6 is 23.2 Å². The van der Waals surface area contributed by atoms with Gasteiger partial charge in [-0.2, -0.15) is 0 Å². The van der Waals surface area contributed by atoms with Crippen molar-refractivity contribution in [2.45, 2.75) is 6.54 Å². The Hall–Kier alpha value is -1.91. The fourth-order valence-corrected chi connectivity index (χ4v) is 2.32. The first kappa shape index (κ1) is 15.5. The third kappa shape index (κ3) is 3.60. The standard InChI is InChI=1S/C15H13Cl2NO3/c1-21-14-4-2-3-12(16)11(14)8-18-9-5-6-13(17)10(7-9)15(19)20/h2-7,18H,8H2,1H3,(H,19,20). The van der Waals surface area contributed by atoms with E-state index in [1.807, 2.05) is 6.07 Å². The van der Waals surface area contributed by atoms with E-state index in [0.29, 0.717) is 23.0 Å². The Balaban J connectivity index is 2.21. The summed E-state index contributed by atoms with van der Waals surface area (Å²) in [6, 6.07) is 10.1. The number of methoxy groups -OCH3 is 1.